The van der Waals surface area contributed by atoms with E-state index in [4.69, 9.17) is 0 Å². The number of carbonyl (C=O) groups is 1. The number of carbonyl (C=O) groups excluding carboxylic acids is 1. The zero-order valence-corrected chi connectivity index (χ0v) is 12.8. The van der Waals surface area contributed by atoms with Crippen molar-refractivity contribution in [1.82, 2.24) is 15.6 Å². The van der Waals surface area contributed by atoms with Gasteiger partial charge in [-0.3, -0.25) is 4.98 Å². The number of fused-ring (bicyclic) bond motifs is 1. The number of hydrogen-bond donors (Lipinski definition) is 2. The molecule has 0 saturated heterocycles. The van der Waals surface area contributed by atoms with Crippen LogP contribution < -0.4 is 10.6 Å². The van der Waals surface area contributed by atoms with Crippen molar-refractivity contribution in [3.63, 3.8) is 0 Å². The van der Waals surface area contributed by atoms with Crippen LogP contribution in [0.3, 0.4) is 0 Å². The first kappa shape index (κ1) is 14.6. The number of nitrogens with one attached hydrogen (secondary N) is 2. The number of pyridine rings is 1. The molecule has 1 heterocycles. The summed E-state index contributed by atoms with van der Waals surface area (Å²) in [7, 11) is 0. The molecular formula is C18H21N3O. The van der Waals surface area contributed by atoms with Crippen LogP contribution in [0.4, 0.5) is 4.79 Å². The minimum atomic E-state index is -0.0948. The second kappa shape index (κ2) is 6.60. The Kier molecular flexibility index (Phi) is 4.37. The van der Waals surface area contributed by atoms with Crippen LogP contribution >= 0.6 is 0 Å². The lowest BCUT2D eigenvalue weighted by molar-refractivity contribution is 0.234. The van der Waals surface area contributed by atoms with Gasteiger partial charge in [-0.05, 0) is 47.6 Å². The molecule has 2 N–H and O–H groups in total. The maximum Gasteiger partial charge on any atom is 0.315 e. The summed E-state index contributed by atoms with van der Waals surface area (Å²) >= 11 is 0. The fraction of sp³-hybridized carbons (Fsp3) is 0.333. The summed E-state index contributed by atoms with van der Waals surface area (Å²) in [5.41, 5.74) is 3.77. The van der Waals surface area contributed by atoms with E-state index in [1.54, 1.807) is 12.4 Å². The maximum absolute atomic E-state index is 12.1. The molecule has 0 bridgehead atoms. The van der Waals surface area contributed by atoms with Gasteiger partial charge in [0.15, 0.2) is 0 Å². The highest BCUT2D eigenvalue weighted by Crippen LogP contribution is 2.35. The molecule has 4 heteroatoms. The Morgan fingerprint density at radius 3 is 2.82 bits per heavy atom. The standard InChI is InChI=1S/C18H21N3O/c1-13-12-15-4-2-3-5-16(15)17(13)21-18(22)20-11-8-14-6-9-19-10-7-14/h2-7,9-10,13,17H,8,11-12H2,1H3,(H2,20,21,22)/t13-,17-/m1/s1. The van der Waals surface area contributed by atoms with E-state index in [0.29, 0.717) is 12.5 Å². The van der Waals surface area contributed by atoms with E-state index in [9.17, 15) is 4.79 Å². The monoisotopic (exact) mass is 295 g/mol. The highest BCUT2D eigenvalue weighted by Gasteiger charge is 2.29. The minimum Gasteiger partial charge on any atom is -0.338 e. The molecule has 2 aromatic rings. The summed E-state index contributed by atoms with van der Waals surface area (Å²) in [6.45, 7) is 2.81. The van der Waals surface area contributed by atoms with Gasteiger partial charge in [-0.25, -0.2) is 4.79 Å². The van der Waals surface area contributed by atoms with Crippen molar-refractivity contribution in [1.29, 1.82) is 0 Å². The van der Waals surface area contributed by atoms with Crippen molar-refractivity contribution >= 4 is 6.03 Å². The SMILES string of the molecule is C[C@@H]1Cc2ccccc2[C@@H]1NC(=O)NCCc1ccncc1. The summed E-state index contributed by atoms with van der Waals surface area (Å²) in [6.07, 6.45) is 5.38. The van der Waals surface area contributed by atoms with E-state index in [1.807, 2.05) is 18.2 Å². The molecule has 0 unspecified atom stereocenters. The highest BCUT2D eigenvalue weighted by molar-refractivity contribution is 5.74. The van der Waals surface area contributed by atoms with Crippen LogP contribution in [0.2, 0.25) is 0 Å². The van der Waals surface area contributed by atoms with E-state index >= 15 is 0 Å². The number of aromatic nitrogens is 1. The molecule has 2 atom stereocenters. The van der Waals surface area contributed by atoms with Crippen molar-refractivity contribution in [3.05, 3.63) is 65.5 Å². The van der Waals surface area contributed by atoms with E-state index in [0.717, 1.165) is 12.8 Å². The average Bonchev–Trinajstić information content (AvgIpc) is 2.84. The van der Waals surface area contributed by atoms with Gasteiger partial charge in [-0.2, -0.15) is 0 Å². The van der Waals surface area contributed by atoms with Gasteiger partial charge in [0.05, 0.1) is 6.04 Å². The molecule has 1 aromatic carbocycles. The molecule has 0 saturated carbocycles. The normalized spacial score (nSPS) is 19.5. The summed E-state index contributed by atoms with van der Waals surface area (Å²) in [4.78, 5) is 16.1. The third-order valence-electron chi connectivity index (χ3n) is 4.24. The molecule has 22 heavy (non-hydrogen) atoms. The van der Waals surface area contributed by atoms with Gasteiger partial charge in [0.1, 0.15) is 0 Å². The van der Waals surface area contributed by atoms with Gasteiger partial charge < -0.3 is 10.6 Å². The smallest absolute Gasteiger partial charge is 0.315 e. The Morgan fingerprint density at radius 2 is 2.00 bits per heavy atom. The second-order valence-electron chi connectivity index (χ2n) is 5.86. The summed E-state index contributed by atoms with van der Waals surface area (Å²) < 4.78 is 0. The predicted octanol–water partition coefficient (Wildman–Crippen LogP) is 2.86. The predicted molar refractivity (Wildman–Crippen MR) is 86.5 cm³/mol. The number of amides is 2. The van der Waals surface area contributed by atoms with Gasteiger partial charge in [-0.15, -0.1) is 0 Å². The maximum atomic E-state index is 12.1. The van der Waals surface area contributed by atoms with Gasteiger partial charge in [0, 0.05) is 18.9 Å². The number of hydrogen-bond acceptors (Lipinski definition) is 2. The first-order chi connectivity index (χ1) is 10.7. The lowest BCUT2D eigenvalue weighted by Gasteiger charge is -2.19. The third kappa shape index (κ3) is 3.27. The fourth-order valence-electron chi connectivity index (χ4n) is 3.08. The topological polar surface area (TPSA) is 54.0 Å². The van der Waals surface area contributed by atoms with Crippen molar-refractivity contribution in [2.45, 2.75) is 25.8 Å². The Balaban J connectivity index is 1.52. The first-order valence-corrected chi connectivity index (χ1v) is 7.75. The van der Waals surface area contributed by atoms with Crippen LogP contribution in [-0.4, -0.2) is 17.6 Å². The number of urea groups is 1. The first-order valence-electron chi connectivity index (χ1n) is 7.75. The van der Waals surface area contributed by atoms with Crippen LogP contribution in [-0.2, 0) is 12.8 Å². The van der Waals surface area contributed by atoms with Crippen molar-refractivity contribution < 1.29 is 4.79 Å². The number of rotatable bonds is 4. The lowest BCUT2D eigenvalue weighted by Crippen LogP contribution is -2.39. The zero-order chi connectivity index (χ0) is 15.4. The largest absolute Gasteiger partial charge is 0.338 e. The zero-order valence-electron chi connectivity index (χ0n) is 12.8. The molecule has 0 radical (unpaired) electrons. The molecule has 1 aliphatic carbocycles. The fourth-order valence-corrected chi connectivity index (χ4v) is 3.08. The summed E-state index contributed by atoms with van der Waals surface area (Å²) in [5, 5.41) is 6.05. The molecule has 2 amide bonds. The average molecular weight is 295 g/mol. The van der Waals surface area contributed by atoms with Gasteiger partial charge in [0.2, 0.25) is 0 Å². The molecule has 114 valence electrons. The Labute approximate surface area is 131 Å². The van der Waals surface area contributed by atoms with Crippen LogP contribution in [0.15, 0.2) is 48.8 Å². The molecule has 1 aliphatic rings. The number of nitrogens with zero attached hydrogens (tertiary/aromatic N) is 1. The Morgan fingerprint density at radius 1 is 1.23 bits per heavy atom. The van der Waals surface area contributed by atoms with Crippen molar-refractivity contribution in [3.8, 4) is 0 Å². The molecule has 1 aromatic heterocycles. The Bertz CT molecular complexity index is 642. The van der Waals surface area contributed by atoms with Crippen LogP contribution in [0.25, 0.3) is 0 Å². The second-order valence-corrected chi connectivity index (χ2v) is 5.86. The van der Waals surface area contributed by atoms with Crippen LogP contribution in [0.5, 0.6) is 0 Å². The van der Waals surface area contributed by atoms with Gasteiger partial charge in [0.25, 0.3) is 0 Å². The molecular weight excluding hydrogens is 274 g/mol. The van der Waals surface area contributed by atoms with Crippen LogP contribution in [0.1, 0.15) is 29.7 Å². The minimum absolute atomic E-state index is 0.0948. The number of benzene rings is 1. The molecule has 0 fully saturated rings. The van der Waals surface area contributed by atoms with E-state index in [1.165, 1.54) is 16.7 Å². The summed E-state index contributed by atoms with van der Waals surface area (Å²) in [6, 6.07) is 12.3. The van der Waals surface area contributed by atoms with Gasteiger partial charge >= 0.3 is 6.03 Å². The molecule has 3 rings (SSSR count). The lowest BCUT2D eigenvalue weighted by atomic mass is 10.0. The van der Waals surface area contributed by atoms with Crippen LogP contribution in [0, 0.1) is 5.92 Å². The van der Waals surface area contributed by atoms with E-state index in [2.05, 4.69) is 40.7 Å². The van der Waals surface area contributed by atoms with Crippen molar-refractivity contribution in [2.24, 2.45) is 5.92 Å². The third-order valence-corrected chi connectivity index (χ3v) is 4.24. The van der Waals surface area contributed by atoms with E-state index in [-0.39, 0.29) is 12.1 Å². The highest BCUT2D eigenvalue weighted by atomic mass is 16.2. The van der Waals surface area contributed by atoms with Crippen molar-refractivity contribution in [2.75, 3.05) is 6.54 Å². The van der Waals surface area contributed by atoms with E-state index < -0.39 is 0 Å². The summed E-state index contributed by atoms with van der Waals surface area (Å²) in [5.74, 6) is 0.434. The van der Waals surface area contributed by atoms with Gasteiger partial charge in [-0.1, -0.05) is 31.2 Å². The molecule has 4 nitrogen and oxygen atoms in total. The molecule has 0 spiro atoms. The quantitative estimate of drug-likeness (QED) is 0.911. The molecule has 0 aliphatic heterocycles. The Hall–Kier alpha value is -2.36.